The molecular weight excluding hydrogens is 671 g/mol. The van der Waals surface area contributed by atoms with Crippen LogP contribution in [-0.4, -0.2) is 81.4 Å². The average Bonchev–Trinajstić information content (AvgIpc) is 3.61. The molecule has 0 spiro atoms. The summed E-state index contributed by atoms with van der Waals surface area (Å²) in [4.78, 5) is 5.24. The third-order valence-corrected chi connectivity index (χ3v) is 11.6. The second-order valence-electron chi connectivity index (χ2n) is 13.0. The third kappa shape index (κ3) is 8.19. The molecule has 0 bridgehead atoms. The summed E-state index contributed by atoms with van der Waals surface area (Å²) in [5, 5.41) is 11.3. The lowest BCUT2D eigenvalue weighted by atomic mass is 9.72. The van der Waals surface area contributed by atoms with Gasteiger partial charge in [0, 0.05) is 44.0 Å². The van der Waals surface area contributed by atoms with Gasteiger partial charge in [-0.15, -0.1) is 24.8 Å². The van der Waals surface area contributed by atoms with Gasteiger partial charge in [0.2, 0.25) is 0 Å². The first-order valence-corrected chi connectivity index (χ1v) is 17.9. The molecule has 1 unspecified atom stereocenters. The molecule has 3 aliphatic rings. The average molecular weight is 724 g/mol. The maximum Gasteiger partial charge on any atom is 0.161 e. The van der Waals surface area contributed by atoms with Crippen molar-refractivity contribution >= 4 is 36.6 Å². The fraction of sp³-hybridized carbons (Fsp3) is 0.568. The molecule has 0 saturated carbocycles. The number of benzene rings is 2. The number of furan rings is 1. The summed E-state index contributed by atoms with van der Waals surface area (Å²) in [6.07, 6.45) is 6.54. The Morgan fingerprint density at radius 1 is 0.875 bits per heavy atom. The minimum atomic E-state index is -0.430. The van der Waals surface area contributed by atoms with Crippen LogP contribution in [0.15, 0.2) is 47.1 Å². The Hall–Kier alpha value is -2.27. The molecule has 6 rings (SSSR count). The van der Waals surface area contributed by atoms with Crippen molar-refractivity contribution in [2.45, 2.75) is 63.0 Å². The van der Waals surface area contributed by atoms with Crippen LogP contribution < -0.4 is 18.9 Å². The molecule has 266 valence electrons. The van der Waals surface area contributed by atoms with Crippen LogP contribution in [0.4, 0.5) is 0 Å². The first-order chi connectivity index (χ1) is 22.5. The number of β-amino-alcohol motifs (C(OH)–C–C–N with tert-alkyl or cyclic N) is 1. The standard InChI is InChI=1S/C37H50N2O6S.2ClH/c1-6-24-20-38-11-9-25-16-34(41-2)36(43-4)18-30(25)32(38)14-27(24)15-33-31-19-37(44-5)35(42-3)17-26(31)10-12-39(33)21-28(40)22-46-23-29-8-7-13-45-29;;/h7-8,13,16-19,24,27-28,32-33,40H,6,9-12,14-15,20-23H2,1-5H3;2*1H/t24-,27+,28?,32-,33+;;/m0../s1. The Morgan fingerprint density at radius 3 is 2.12 bits per heavy atom. The van der Waals surface area contributed by atoms with Gasteiger partial charge in [0.05, 0.1) is 46.6 Å². The molecule has 1 saturated heterocycles. The monoisotopic (exact) mass is 722 g/mol. The second-order valence-corrected chi connectivity index (χ2v) is 14.0. The normalized spacial score (nSPS) is 22.6. The molecule has 4 heterocycles. The molecule has 1 N–H and O–H groups in total. The number of aliphatic hydroxyl groups is 1. The number of aliphatic hydroxyl groups excluding tert-OH is 1. The molecule has 1 aromatic heterocycles. The molecular formula is C37H52Cl2N2O6S. The first-order valence-electron chi connectivity index (χ1n) is 16.7. The zero-order chi connectivity index (χ0) is 32.2. The molecule has 5 atom stereocenters. The Bertz CT molecular complexity index is 1460. The van der Waals surface area contributed by atoms with Crippen LogP contribution in [0.5, 0.6) is 23.0 Å². The van der Waals surface area contributed by atoms with Crippen molar-refractivity contribution in [1.82, 2.24) is 9.80 Å². The summed E-state index contributed by atoms with van der Waals surface area (Å²) >= 11 is 1.72. The van der Waals surface area contributed by atoms with Gasteiger partial charge in [-0.2, -0.15) is 11.8 Å². The van der Waals surface area contributed by atoms with Crippen LogP contribution in [0, 0.1) is 11.8 Å². The Morgan fingerprint density at radius 2 is 1.50 bits per heavy atom. The first kappa shape index (κ1) is 38.5. The van der Waals surface area contributed by atoms with E-state index < -0.39 is 6.10 Å². The summed E-state index contributed by atoms with van der Waals surface area (Å²) in [6.45, 7) is 6.09. The van der Waals surface area contributed by atoms with E-state index in [2.05, 4.69) is 41.0 Å². The summed E-state index contributed by atoms with van der Waals surface area (Å²) < 4.78 is 28.4. The number of halogens is 2. The fourth-order valence-electron chi connectivity index (χ4n) is 8.13. The van der Waals surface area contributed by atoms with Crippen LogP contribution >= 0.6 is 36.6 Å². The van der Waals surface area contributed by atoms with Crippen LogP contribution in [-0.2, 0) is 18.6 Å². The predicted octanol–water partition coefficient (Wildman–Crippen LogP) is 7.39. The van der Waals surface area contributed by atoms with Crippen molar-refractivity contribution < 1.29 is 28.5 Å². The molecule has 0 amide bonds. The van der Waals surface area contributed by atoms with E-state index in [1.54, 1.807) is 46.5 Å². The van der Waals surface area contributed by atoms with E-state index in [0.717, 1.165) is 86.2 Å². The highest BCUT2D eigenvalue weighted by Crippen LogP contribution is 2.49. The molecule has 0 aliphatic carbocycles. The predicted molar refractivity (Wildman–Crippen MR) is 197 cm³/mol. The van der Waals surface area contributed by atoms with Gasteiger partial charge in [-0.05, 0) is 96.2 Å². The van der Waals surface area contributed by atoms with E-state index in [-0.39, 0.29) is 30.9 Å². The Kier molecular flexibility index (Phi) is 14.1. The summed E-state index contributed by atoms with van der Waals surface area (Å²) in [5.41, 5.74) is 5.40. The van der Waals surface area contributed by atoms with Gasteiger partial charge in [0.1, 0.15) is 5.76 Å². The molecule has 2 aromatic carbocycles. The quantitative estimate of drug-likeness (QED) is 0.194. The molecule has 3 aliphatic heterocycles. The van der Waals surface area contributed by atoms with Crippen LogP contribution in [0.1, 0.15) is 66.3 Å². The van der Waals surface area contributed by atoms with E-state index in [9.17, 15) is 5.11 Å². The minimum Gasteiger partial charge on any atom is -0.493 e. The van der Waals surface area contributed by atoms with Gasteiger partial charge < -0.3 is 28.5 Å². The molecule has 48 heavy (non-hydrogen) atoms. The molecule has 3 aromatic rings. The van der Waals surface area contributed by atoms with Crippen molar-refractivity contribution in [1.29, 1.82) is 0 Å². The van der Waals surface area contributed by atoms with Crippen LogP contribution in [0.3, 0.4) is 0 Å². The van der Waals surface area contributed by atoms with Gasteiger partial charge in [-0.3, -0.25) is 9.80 Å². The number of nitrogens with zero attached hydrogens (tertiary/aromatic N) is 2. The Balaban J connectivity index is 0.00000260. The zero-order valence-electron chi connectivity index (χ0n) is 28.8. The SMILES string of the molecule is CC[C@H]1CN2CCc3cc(OC)c(OC)cc3[C@@H]2C[C@@H]1C[C@@H]1c2cc(OC)c(OC)cc2CCN1CC(O)CSCc1ccco1.Cl.Cl. The number of hydrogen-bond donors (Lipinski definition) is 1. The van der Waals surface area contributed by atoms with Crippen LogP contribution in [0.25, 0.3) is 0 Å². The number of hydrogen-bond acceptors (Lipinski definition) is 9. The summed E-state index contributed by atoms with van der Waals surface area (Å²) in [6, 6.07) is 13.2. The highest BCUT2D eigenvalue weighted by Gasteiger charge is 2.41. The molecule has 8 nitrogen and oxygen atoms in total. The maximum atomic E-state index is 11.3. The lowest BCUT2D eigenvalue weighted by Crippen LogP contribution is -2.47. The minimum absolute atomic E-state index is 0. The number of methoxy groups -OCH3 is 4. The van der Waals surface area contributed by atoms with Gasteiger partial charge in [-0.1, -0.05) is 13.3 Å². The van der Waals surface area contributed by atoms with Crippen molar-refractivity contribution in [3.05, 3.63) is 70.7 Å². The van der Waals surface area contributed by atoms with Gasteiger partial charge in [-0.25, -0.2) is 0 Å². The van der Waals surface area contributed by atoms with Crippen molar-refractivity contribution in [3.63, 3.8) is 0 Å². The highest BCUT2D eigenvalue weighted by molar-refractivity contribution is 7.98. The van der Waals surface area contributed by atoms with Gasteiger partial charge in [0.25, 0.3) is 0 Å². The second kappa shape index (κ2) is 17.6. The van der Waals surface area contributed by atoms with Crippen molar-refractivity contribution in [2.24, 2.45) is 11.8 Å². The van der Waals surface area contributed by atoms with Crippen molar-refractivity contribution in [3.8, 4) is 23.0 Å². The van der Waals surface area contributed by atoms with Gasteiger partial charge >= 0.3 is 0 Å². The Labute approximate surface area is 302 Å². The topological polar surface area (TPSA) is 76.8 Å². The maximum absolute atomic E-state index is 11.3. The summed E-state index contributed by atoms with van der Waals surface area (Å²) in [7, 11) is 6.87. The number of fused-ring (bicyclic) bond motifs is 4. The van der Waals surface area contributed by atoms with Crippen molar-refractivity contribution in [2.75, 3.05) is 60.4 Å². The lowest BCUT2D eigenvalue weighted by Gasteiger charge is -2.49. The fourth-order valence-corrected chi connectivity index (χ4v) is 8.99. The largest absolute Gasteiger partial charge is 0.493 e. The number of rotatable bonds is 13. The molecule has 1 fully saturated rings. The lowest BCUT2D eigenvalue weighted by molar-refractivity contribution is 0.0233. The highest BCUT2D eigenvalue weighted by atomic mass is 35.5. The van der Waals surface area contributed by atoms with E-state index in [4.69, 9.17) is 23.4 Å². The van der Waals surface area contributed by atoms with Crippen LogP contribution in [0.2, 0.25) is 0 Å². The smallest absolute Gasteiger partial charge is 0.161 e. The van der Waals surface area contributed by atoms with E-state index >= 15 is 0 Å². The third-order valence-electron chi connectivity index (χ3n) is 10.5. The van der Waals surface area contributed by atoms with Gasteiger partial charge in [0.15, 0.2) is 23.0 Å². The van der Waals surface area contributed by atoms with E-state index in [1.807, 2.05) is 12.1 Å². The molecule has 0 radical (unpaired) electrons. The number of piperidine rings is 1. The summed E-state index contributed by atoms with van der Waals surface area (Å²) in [5.74, 6) is 6.70. The molecule has 11 heteroatoms. The number of thioether (sulfide) groups is 1. The zero-order valence-corrected chi connectivity index (χ0v) is 31.3. The van der Waals surface area contributed by atoms with E-state index in [0.29, 0.717) is 30.2 Å². The number of ether oxygens (including phenoxy) is 4. The van der Waals surface area contributed by atoms with E-state index in [1.165, 1.54) is 22.3 Å².